The fourth-order valence-electron chi connectivity index (χ4n) is 1.60. The van der Waals surface area contributed by atoms with E-state index in [1.807, 2.05) is 0 Å². The highest BCUT2D eigenvalue weighted by Crippen LogP contribution is 2.47. The zero-order chi connectivity index (χ0) is 9.46. The summed E-state index contributed by atoms with van der Waals surface area (Å²) in [5, 5.41) is 17.1. The third-order valence-corrected chi connectivity index (χ3v) is 2.43. The van der Waals surface area contributed by atoms with Crippen LogP contribution in [-0.4, -0.2) is 28.2 Å². The van der Waals surface area contributed by atoms with Gasteiger partial charge < -0.3 is 15.9 Å². The Kier molecular flexibility index (Phi) is 2.06. The Morgan fingerprint density at radius 1 is 1.42 bits per heavy atom. The van der Waals surface area contributed by atoms with Crippen molar-refractivity contribution in [2.75, 3.05) is 0 Å². The first kappa shape index (κ1) is 8.99. The molecule has 0 bridgehead atoms. The molecule has 0 spiro atoms. The van der Waals surface area contributed by atoms with Crippen LogP contribution in [0.2, 0.25) is 0 Å². The van der Waals surface area contributed by atoms with Crippen LogP contribution in [0.15, 0.2) is 0 Å². The molecule has 3 unspecified atom stereocenters. The summed E-state index contributed by atoms with van der Waals surface area (Å²) in [7, 11) is 0. The molecule has 4 N–H and O–H groups in total. The average molecular weight is 173 g/mol. The molecule has 12 heavy (non-hydrogen) atoms. The van der Waals surface area contributed by atoms with Gasteiger partial charge in [-0.15, -0.1) is 0 Å². The van der Waals surface area contributed by atoms with Gasteiger partial charge in [0.2, 0.25) is 0 Å². The average Bonchev–Trinajstić information content (AvgIpc) is 2.59. The maximum atomic E-state index is 10.5. The Morgan fingerprint density at radius 3 is 2.17 bits per heavy atom. The summed E-state index contributed by atoms with van der Waals surface area (Å²) in [6.07, 6.45) is 0. The van der Waals surface area contributed by atoms with Crippen LogP contribution < -0.4 is 5.73 Å². The molecule has 5 nitrogen and oxygen atoms in total. The highest BCUT2D eigenvalue weighted by atomic mass is 16.4. The Labute approximate surface area is 69.2 Å². The number of aliphatic carboxylic acids is 2. The van der Waals surface area contributed by atoms with Crippen molar-refractivity contribution >= 4 is 11.9 Å². The van der Waals surface area contributed by atoms with Crippen molar-refractivity contribution < 1.29 is 19.8 Å². The SMILES string of the molecule is CC1C(C(=O)O)C1[C@@H](N)C(=O)O. The van der Waals surface area contributed by atoms with Gasteiger partial charge in [0.05, 0.1) is 5.92 Å². The van der Waals surface area contributed by atoms with Crippen LogP contribution in [0.1, 0.15) is 6.92 Å². The molecule has 0 aliphatic heterocycles. The van der Waals surface area contributed by atoms with Crippen molar-refractivity contribution in [2.24, 2.45) is 23.5 Å². The Bertz CT molecular complexity index is 211. The van der Waals surface area contributed by atoms with Crippen molar-refractivity contribution in [1.29, 1.82) is 0 Å². The maximum Gasteiger partial charge on any atom is 0.320 e. The van der Waals surface area contributed by atoms with Crippen LogP contribution in [0.25, 0.3) is 0 Å². The first-order valence-corrected chi connectivity index (χ1v) is 3.68. The third-order valence-electron chi connectivity index (χ3n) is 2.43. The summed E-state index contributed by atoms with van der Waals surface area (Å²) in [6.45, 7) is 1.70. The minimum atomic E-state index is -1.13. The summed E-state index contributed by atoms with van der Waals surface area (Å²) in [4.78, 5) is 20.8. The summed E-state index contributed by atoms with van der Waals surface area (Å²) in [5.41, 5.74) is 5.28. The lowest BCUT2D eigenvalue weighted by Crippen LogP contribution is -2.33. The van der Waals surface area contributed by atoms with Crippen molar-refractivity contribution in [3.8, 4) is 0 Å². The van der Waals surface area contributed by atoms with Gasteiger partial charge in [0, 0.05) is 5.92 Å². The molecule has 0 aromatic carbocycles. The third kappa shape index (κ3) is 1.27. The van der Waals surface area contributed by atoms with E-state index in [-0.39, 0.29) is 5.92 Å². The van der Waals surface area contributed by atoms with E-state index in [1.165, 1.54) is 0 Å². The van der Waals surface area contributed by atoms with Crippen LogP contribution in [-0.2, 0) is 9.59 Å². The molecule has 5 heteroatoms. The van der Waals surface area contributed by atoms with E-state index >= 15 is 0 Å². The zero-order valence-corrected chi connectivity index (χ0v) is 6.60. The van der Waals surface area contributed by atoms with Crippen LogP contribution in [0, 0.1) is 17.8 Å². The number of rotatable bonds is 3. The molecule has 0 amide bonds. The molecule has 1 fully saturated rings. The summed E-state index contributed by atoms with van der Waals surface area (Å²) >= 11 is 0. The number of carboxylic acid groups (broad SMARTS) is 2. The summed E-state index contributed by atoms with van der Waals surface area (Å²) < 4.78 is 0. The van der Waals surface area contributed by atoms with Crippen molar-refractivity contribution in [1.82, 2.24) is 0 Å². The predicted molar refractivity (Wildman–Crippen MR) is 39.4 cm³/mol. The summed E-state index contributed by atoms with van der Waals surface area (Å²) in [6, 6.07) is -1.04. The second-order valence-electron chi connectivity index (χ2n) is 3.16. The smallest absolute Gasteiger partial charge is 0.320 e. The van der Waals surface area contributed by atoms with Crippen molar-refractivity contribution in [3.05, 3.63) is 0 Å². The van der Waals surface area contributed by atoms with Crippen molar-refractivity contribution in [3.63, 3.8) is 0 Å². The molecule has 1 aliphatic rings. The fraction of sp³-hybridized carbons (Fsp3) is 0.714. The standard InChI is InChI=1S/C7H11NO4/c1-2-3(4(2)6(9)10)5(8)7(11)12/h2-5H,8H2,1H3,(H,9,10)(H,11,12)/t2?,3?,4?,5-/m1/s1. The van der Waals surface area contributed by atoms with Crippen LogP contribution in [0.5, 0.6) is 0 Å². The van der Waals surface area contributed by atoms with E-state index in [0.717, 1.165) is 0 Å². The first-order valence-electron chi connectivity index (χ1n) is 3.68. The second kappa shape index (κ2) is 2.75. The highest BCUT2D eigenvalue weighted by Gasteiger charge is 2.56. The molecule has 1 saturated carbocycles. The number of hydrogen-bond donors (Lipinski definition) is 3. The van der Waals surface area contributed by atoms with Gasteiger partial charge >= 0.3 is 11.9 Å². The zero-order valence-electron chi connectivity index (χ0n) is 6.60. The number of carbonyl (C=O) groups is 2. The maximum absolute atomic E-state index is 10.5. The van der Waals surface area contributed by atoms with E-state index in [0.29, 0.717) is 0 Å². The molecule has 68 valence electrons. The molecule has 0 aromatic heterocycles. The molecule has 0 aromatic rings. The monoisotopic (exact) mass is 173 g/mol. The van der Waals surface area contributed by atoms with E-state index < -0.39 is 29.8 Å². The number of hydrogen-bond acceptors (Lipinski definition) is 3. The molecule has 0 saturated heterocycles. The number of nitrogens with two attached hydrogens (primary N) is 1. The van der Waals surface area contributed by atoms with E-state index in [1.54, 1.807) is 6.92 Å². The minimum Gasteiger partial charge on any atom is -0.481 e. The lowest BCUT2D eigenvalue weighted by molar-refractivity contribution is -0.140. The Hall–Kier alpha value is -1.10. The van der Waals surface area contributed by atoms with Gasteiger partial charge in [-0.2, -0.15) is 0 Å². The van der Waals surface area contributed by atoms with Gasteiger partial charge in [0.1, 0.15) is 6.04 Å². The quantitative estimate of drug-likeness (QED) is 0.527. The van der Waals surface area contributed by atoms with Crippen LogP contribution in [0.3, 0.4) is 0 Å². The van der Waals surface area contributed by atoms with Crippen molar-refractivity contribution in [2.45, 2.75) is 13.0 Å². The van der Waals surface area contributed by atoms with Crippen LogP contribution >= 0.6 is 0 Å². The van der Waals surface area contributed by atoms with Crippen LogP contribution in [0.4, 0.5) is 0 Å². The van der Waals surface area contributed by atoms with E-state index in [9.17, 15) is 9.59 Å². The van der Waals surface area contributed by atoms with Gasteiger partial charge in [-0.25, -0.2) is 0 Å². The van der Waals surface area contributed by atoms with Gasteiger partial charge in [-0.1, -0.05) is 6.92 Å². The minimum absolute atomic E-state index is 0.117. The van der Waals surface area contributed by atoms with Gasteiger partial charge in [-0.3, -0.25) is 9.59 Å². The topological polar surface area (TPSA) is 101 Å². The Balaban J connectivity index is 2.58. The molecule has 1 aliphatic carbocycles. The predicted octanol–water partition coefficient (Wildman–Crippen LogP) is -0.635. The normalized spacial score (nSPS) is 35.7. The van der Waals surface area contributed by atoms with E-state index in [4.69, 9.17) is 15.9 Å². The molecule has 4 atom stereocenters. The van der Waals surface area contributed by atoms with E-state index in [2.05, 4.69) is 0 Å². The molecule has 0 radical (unpaired) electrons. The Morgan fingerprint density at radius 2 is 1.92 bits per heavy atom. The molecular formula is C7H11NO4. The summed E-state index contributed by atoms with van der Waals surface area (Å²) in [5.74, 6) is -3.18. The molecule has 0 heterocycles. The molecular weight excluding hydrogens is 162 g/mol. The van der Waals surface area contributed by atoms with Gasteiger partial charge in [0.25, 0.3) is 0 Å². The lowest BCUT2D eigenvalue weighted by Gasteiger charge is -2.02. The lowest BCUT2D eigenvalue weighted by atomic mass is 10.1. The molecule has 1 rings (SSSR count). The largest absolute Gasteiger partial charge is 0.481 e. The van der Waals surface area contributed by atoms with Gasteiger partial charge in [-0.05, 0) is 5.92 Å². The second-order valence-corrected chi connectivity index (χ2v) is 3.16. The van der Waals surface area contributed by atoms with Gasteiger partial charge in [0.15, 0.2) is 0 Å². The first-order chi connectivity index (χ1) is 5.46. The fourth-order valence-corrected chi connectivity index (χ4v) is 1.60. The highest BCUT2D eigenvalue weighted by molar-refractivity contribution is 5.80. The number of carboxylic acids is 2.